The van der Waals surface area contributed by atoms with Crippen LogP contribution in [-0.2, 0) is 0 Å². The van der Waals surface area contributed by atoms with Crippen LogP contribution in [-0.4, -0.2) is 16.0 Å². The molecule has 0 spiro atoms. The van der Waals surface area contributed by atoms with Crippen molar-refractivity contribution in [3.05, 3.63) is 35.7 Å². The molecule has 0 radical (unpaired) electrons. The second-order valence-electron chi connectivity index (χ2n) is 3.10. The van der Waals surface area contributed by atoms with Gasteiger partial charge in [0.2, 0.25) is 0 Å². The smallest absolute Gasteiger partial charge is 0.267 e. The van der Waals surface area contributed by atoms with E-state index in [1.807, 2.05) is 0 Å². The molecule has 0 aromatic carbocycles. The van der Waals surface area contributed by atoms with Gasteiger partial charge in [-0.3, -0.25) is 4.79 Å². The molecule has 0 saturated heterocycles. The van der Waals surface area contributed by atoms with Gasteiger partial charge in [-0.15, -0.1) is 0 Å². The fraction of sp³-hybridized carbons (Fsp3) is 0.100. The highest BCUT2D eigenvalue weighted by atomic mass is 16.5. The number of hydrogen-bond acceptors (Lipinski definition) is 4. The minimum Gasteiger partial charge on any atom is -0.364 e. The molecule has 0 atom stereocenters. The Hall–Kier alpha value is -2.17. The maximum absolute atomic E-state index is 10.9. The summed E-state index contributed by atoms with van der Waals surface area (Å²) < 4.78 is 4.91. The maximum Gasteiger partial charge on any atom is 0.267 e. The van der Waals surface area contributed by atoms with Crippen LogP contribution in [0.1, 0.15) is 16.2 Å². The van der Waals surface area contributed by atoms with E-state index in [1.165, 1.54) is 0 Å². The Morgan fingerprint density at radius 1 is 1.40 bits per heavy atom. The van der Waals surface area contributed by atoms with E-state index in [4.69, 9.17) is 10.3 Å². The monoisotopic (exact) mass is 203 g/mol. The molecule has 2 heterocycles. The van der Waals surface area contributed by atoms with Crippen molar-refractivity contribution in [2.24, 2.45) is 5.73 Å². The predicted molar refractivity (Wildman–Crippen MR) is 53.0 cm³/mol. The van der Waals surface area contributed by atoms with Gasteiger partial charge >= 0.3 is 0 Å². The Balaban J connectivity index is 2.45. The van der Waals surface area contributed by atoms with Crippen LogP contribution in [0.15, 0.2) is 28.8 Å². The van der Waals surface area contributed by atoms with Crippen LogP contribution in [0.25, 0.3) is 11.4 Å². The zero-order valence-corrected chi connectivity index (χ0v) is 8.10. The number of pyridine rings is 1. The van der Waals surface area contributed by atoms with Crippen molar-refractivity contribution >= 4 is 5.91 Å². The van der Waals surface area contributed by atoms with Crippen LogP contribution >= 0.6 is 0 Å². The molecule has 1 amide bonds. The summed E-state index contributed by atoms with van der Waals surface area (Å²) in [5.74, 6) is 0.133. The normalized spacial score (nSPS) is 10.2. The van der Waals surface area contributed by atoms with Gasteiger partial charge in [-0.1, -0.05) is 11.2 Å². The van der Waals surface area contributed by atoms with Gasteiger partial charge in [0.1, 0.15) is 17.1 Å². The van der Waals surface area contributed by atoms with E-state index in [1.54, 1.807) is 31.2 Å². The number of aryl methyl sites for hydroxylation is 1. The lowest BCUT2D eigenvalue weighted by molar-refractivity contribution is 0.0995. The summed E-state index contributed by atoms with van der Waals surface area (Å²) in [4.78, 5) is 15.0. The highest BCUT2D eigenvalue weighted by Gasteiger charge is 2.08. The zero-order chi connectivity index (χ0) is 10.8. The molecule has 2 aromatic rings. The van der Waals surface area contributed by atoms with Crippen molar-refractivity contribution in [1.82, 2.24) is 10.1 Å². The van der Waals surface area contributed by atoms with Gasteiger partial charge in [-0.25, -0.2) is 4.98 Å². The summed E-state index contributed by atoms with van der Waals surface area (Å²) in [6.45, 7) is 1.79. The molecule has 0 bridgehead atoms. The third-order valence-corrected chi connectivity index (χ3v) is 1.89. The average Bonchev–Trinajstić information content (AvgIpc) is 2.65. The lowest BCUT2D eigenvalue weighted by Gasteiger charge is -1.97. The third-order valence-electron chi connectivity index (χ3n) is 1.89. The second kappa shape index (κ2) is 3.53. The first-order valence-corrected chi connectivity index (χ1v) is 4.37. The number of hydrogen-bond donors (Lipinski definition) is 1. The number of amides is 1. The summed E-state index contributed by atoms with van der Waals surface area (Å²) in [7, 11) is 0. The van der Waals surface area contributed by atoms with Crippen molar-refractivity contribution < 1.29 is 9.32 Å². The number of nitrogens with two attached hydrogens (primary N) is 1. The van der Waals surface area contributed by atoms with Gasteiger partial charge in [0.25, 0.3) is 5.91 Å². The lowest BCUT2D eigenvalue weighted by atomic mass is 10.2. The van der Waals surface area contributed by atoms with Gasteiger partial charge in [0.05, 0.1) is 5.69 Å². The van der Waals surface area contributed by atoms with Crippen molar-refractivity contribution in [1.29, 1.82) is 0 Å². The summed E-state index contributed by atoms with van der Waals surface area (Å²) in [6.07, 6.45) is 0. The topological polar surface area (TPSA) is 82.0 Å². The summed E-state index contributed by atoms with van der Waals surface area (Å²) in [6, 6.07) is 6.74. The molecule has 2 N–H and O–H groups in total. The molecule has 0 aliphatic rings. The van der Waals surface area contributed by atoms with Gasteiger partial charge < -0.3 is 10.3 Å². The van der Waals surface area contributed by atoms with E-state index in [2.05, 4.69) is 10.1 Å². The Bertz CT molecular complexity index is 505. The molecule has 5 heteroatoms. The quantitative estimate of drug-likeness (QED) is 0.793. The summed E-state index contributed by atoms with van der Waals surface area (Å²) in [5, 5.41) is 3.80. The highest BCUT2D eigenvalue weighted by Crippen LogP contribution is 2.16. The molecule has 0 fully saturated rings. The van der Waals surface area contributed by atoms with Crippen LogP contribution < -0.4 is 5.73 Å². The van der Waals surface area contributed by atoms with E-state index in [9.17, 15) is 4.79 Å². The fourth-order valence-electron chi connectivity index (χ4n) is 1.20. The Kier molecular flexibility index (Phi) is 2.21. The predicted octanol–water partition coefficient (Wildman–Crippen LogP) is 1.14. The SMILES string of the molecule is Cc1cc(-c2cccc(C(N)=O)n2)no1. The first kappa shape index (κ1) is 9.39. The Morgan fingerprint density at radius 3 is 2.80 bits per heavy atom. The minimum atomic E-state index is -0.558. The number of aromatic nitrogens is 2. The van der Waals surface area contributed by atoms with Gasteiger partial charge in [-0.2, -0.15) is 0 Å². The van der Waals surface area contributed by atoms with Gasteiger partial charge in [0.15, 0.2) is 0 Å². The summed E-state index contributed by atoms with van der Waals surface area (Å²) >= 11 is 0. The van der Waals surface area contributed by atoms with Crippen molar-refractivity contribution in [3.8, 4) is 11.4 Å². The molecule has 0 unspecified atom stereocenters. The largest absolute Gasteiger partial charge is 0.364 e. The third kappa shape index (κ3) is 1.85. The second-order valence-corrected chi connectivity index (χ2v) is 3.10. The molecule has 0 aliphatic heterocycles. The van der Waals surface area contributed by atoms with Gasteiger partial charge in [-0.05, 0) is 19.1 Å². The molecular formula is C10H9N3O2. The Labute approximate surface area is 85.9 Å². The van der Waals surface area contributed by atoms with Crippen molar-refractivity contribution in [3.63, 3.8) is 0 Å². The Morgan fingerprint density at radius 2 is 2.20 bits per heavy atom. The number of carbonyl (C=O) groups is 1. The van der Waals surface area contributed by atoms with E-state index in [0.29, 0.717) is 17.1 Å². The molecule has 5 nitrogen and oxygen atoms in total. The van der Waals surface area contributed by atoms with Crippen molar-refractivity contribution in [2.75, 3.05) is 0 Å². The molecule has 2 aromatic heterocycles. The van der Waals surface area contributed by atoms with E-state index < -0.39 is 5.91 Å². The first-order chi connectivity index (χ1) is 7.16. The van der Waals surface area contributed by atoms with Crippen LogP contribution in [0.2, 0.25) is 0 Å². The molecule has 0 aliphatic carbocycles. The maximum atomic E-state index is 10.9. The zero-order valence-electron chi connectivity index (χ0n) is 8.10. The van der Waals surface area contributed by atoms with E-state index in [0.717, 1.165) is 0 Å². The van der Waals surface area contributed by atoms with E-state index in [-0.39, 0.29) is 5.69 Å². The number of nitrogens with zero attached hydrogens (tertiary/aromatic N) is 2. The minimum absolute atomic E-state index is 0.216. The molecule has 2 rings (SSSR count). The van der Waals surface area contributed by atoms with Crippen LogP contribution in [0.4, 0.5) is 0 Å². The van der Waals surface area contributed by atoms with E-state index >= 15 is 0 Å². The highest BCUT2D eigenvalue weighted by molar-refractivity contribution is 5.91. The fourth-order valence-corrected chi connectivity index (χ4v) is 1.20. The molecule has 76 valence electrons. The average molecular weight is 203 g/mol. The van der Waals surface area contributed by atoms with Crippen LogP contribution in [0, 0.1) is 6.92 Å². The van der Waals surface area contributed by atoms with Gasteiger partial charge in [0, 0.05) is 6.07 Å². The van der Waals surface area contributed by atoms with Crippen LogP contribution in [0.3, 0.4) is 0 Å². The lowest BCUT2D eigenvalue weighted by Crippen LogP contribution is -2.13. The standard InChI is InChI=1S/C10H9N3O2/c1-6-5-9(13-15-6)7-3-2-4-8(12-7)10(11)14/h2-5H,1H3,(H2,11,14). The molecule has 0 saturated carbocycles. The first-order valence-electron chi connectivity index (χ1n) is 4.37. The number of primary amides is 1. The molecular weight excluding hydrogens is 194 g/mol. The summed E-state index contributed by atoms with van der Waals surface area (Å²) in [5.41, 5.74) is 6.50. The van der Waals surface area contributed by atoms with Crippen LogP contribution in [0.5, 0.6) is 0 Å². The number of rotatable bonds is 2. The molecule has 15 heavy (non-hydrogen) atoms. The number of carbonyl (C=O) groups excluding carboxylic acids is 1. The van der Waals surface area contributed by atoms with Crippen molar-refractivity contribution in [2.45, 2.75) is 6.92 Å².